The van der Waals surface area contributed by atoms with Crippen LogP contribution < -0.4 is 10.3 Å². The van der Waals surface area contributed by atoms with E-state index in [1.54, 1.807) is 17.7 Å². The molecule has 0 bridgehead atoms. The molecule has 1 heterocycles. The molecule has 1 aromatic heterocycles. The van der Waals surface area contributed by atoms with Crippen molar-refractivity contribution in [1.82, 2.24) is 9.55 Å². The summed E-state index contributed by atoms with van der Waals surface area (Å²) in [5.41, 5.74) is 1.56. The highest BCUT2D eigenvalue weighted by molar-refractivity contribution is 9.10. The summed E-state index contributed by atoms with van der Waals surface area (Å²) in [6, 6.07) is 13.2. The van der Waals surface area contributed by atoms with Crippen LogP contribution in [0.25, 0.3) is 23.1 Å². The molecule has 0 aliphatic carbocycles. The molecular formula is C19H17BrN2O2. The topological polar surface area (TPSA) is 44.1 Å². The van der Waals surface area contributed by atoms with Crippen LogP contribution in [0.4, 0.5) is 0 Å². The van der Waals surface area contributed by atoms with Gasteiger partial charge in [-0.2, -0.15) is 0 Å². The second-order valence-electron chi connectivity index (χ2n) is 5.30. The van der Waals surface area contributed by atoms with Crippen LogP contribution in [0.3, 0.4) is 0 Å². The Kier molecular flexibility index (Phi) is 4.81. The van der Waals surface area contributed by atoms with Crippen LogP contribution in [0.15, 0.2) is 51.7 Å². The molecule has 4 nitrogen and oxygen atoms in total. The number of ether oxygens (including phenoxy) is 1. The predicted octanol–water partition coefficient (Wildman–Crippen LogP) is 4.27. The number of hydrogen-bond donors (Lipinski definition) is 0. The molecule has 0 fully saturated rings. The Hall–Kier alpha value is -2.40. The molecule has 0 atom stereocenters. The van der Waals surface area contributed by atoms with Gasteiger partial charge in [0.2, 0.25) is 0 Å². The summed E-state index contributed by atoms with van der Waals surface area (Å²) in [5, 5.41) is 0.620. The molecule has 0 amide bonds. The fraction of sp³-hybridized carbons (Fsp3) is 0.158. The van der Waals surface area contributed by atoms with Crippen LogP contribution in [-0.2, 0) is 7.05 Å². The monoisotopic (exact) mass is 384 g/mol. The predicted molar refractivity (Wildman–Crippen MR) is 101 cm³/mol. The van der Waals surface area contributed by atoms with Gasteiger partial charge in [0.05, 0.1) is 17.5 Å². The third-order valence-corrected chi connectivity index (χ3v) is 4.19. The molecular weight excluding hydrogens is 368 g/mol. The Labute approximate surface area is 148 Å². The molecule has 122 valence electrons. The minimum atomic E-state index is -0.0560. The minimum absolute atomic E-state index is 0.0560. The lowest BCUT2D eigenvalue weighted by atomic mass is 10.2. The number of rotatable bonds is 4. The van der Waals surface area contributed by atoms with Crippen molar-refractivity contribution < 1.29 is 4.74 Å². The zero-order chi connectivity index (χ0) is 17.1. The normalized spacial score (nSPS) is 11.3. The van der Waals surface area contributed by atoms with E-state index in [9.17, 15) is 4.79 Å². The van der Waals surface area contributed by atoms with Crippen molar-refractivity contribution in [3.8, 4) is 5.75 Å². The summed E-state index contributed by atoms with van der Waals surface area (Å²) in [6.45, 7) is 2.54. The van der Waals surface area contributed by atoms with Gasteiger partial charge in [0, 0.05) is 17.1 Å². The number of para-hydroxylation sites is 1. The summed E-state index contributed by atoms with van der Waals surface area (Å²) in [5.74, 6) is 1.39. The molecule has 0 aliphatic heterocycles. The summed E-state index contributed by atoms with van der Waals surface area (Å²) in [6.07, 6.45) is 3.74. The summed E-state index contributed by atoms with van der Waals surface area (Å²) in [4.78, 5) is 17.0. The van der Waals surface area contributed by atoms with E-state index >= 15 is 0 Å². The highest BCUT2D eigenvalue weighted by Crippen LogP contribution is 2.25. The van der Waals surface area contributed by atoms with Crippen LogP contribution in [0.5, 0.6) is 5.75 Å². The van der Waals surface area contributed by atoms with Crippen molar-refractivity contribution in [2.24, 2.45) is 7.05 Å². The second kappa shape index (κ2) is 7.01. The SMILES string of the molecule is CCOc1ccc(Br)cc1C=Cc1nc2ccccc2c(=O)n1C. The number of fused-ring (bicyclic) bond motifs is 1. The number of benzene rings is 2. The number of nitrogens with zero attached hydrogens (tertiary/aromatic N) is 2. The van der Waals surface area contributed by atoms with Crippen LogP contribution in [0, 0.1) is 0 Å². The molecule has 0 unspecified atom stereocenters. The van der Waals surface area contributed by atoms with Gasteiger partial charge in [-0.25, -0.2) is 4.98 Å². The first-order chi connectivity index (χ1) is 11.6. The van der Waals surface area contributed by atoms with Crippen LogP contribution in [0.1, 0.15) is 18.3 Å². The average molecular weight is 385 g/mol. The Morgan fingerprint density at radius 2 is 2.00 bits per heavy atom. The van der Waals surface area contributed by atoms with E-state index in [0.717, 1.165) is 15.8 Å². The molecule has 5 heteroatoms. The lowest BCUT2D eigenvalue weighted by Crippen LogP contribution is -2.20. The number of halogens is 1. The molecule has 3 aromatic rings. The fourth-order valence-corrected chi connectivity index (χ4v) is 2.86. The summed E-state index contributed by atoms with van der Waals surface area (Å²) in [7, 11) is 1.73. The van der Waals surface area contributed by atoms with Crippen molar-refractivity contribution in [2.75, 3.05) is 6.61 Å². The van der Waals surface area contributed by atoms with Crippen molar-refractivity contribution in [1.29, 1.82) is 0 Å². The van der Waals surface area contributed by atoms with Gasteiger partial charge in [0.15, 0.2) is 0 Å². The molecule has 0 saturated heterocycles. The van der Waals surface area contributed by atoms with E-state index in [1.165, 1.54) is 0 Å². The van der Waals surface area contributed by atoms with Crippen molar-refractivity contribution >= 4 is 39.0 Å². The van der Waals surface area contributed by atoms with Gasteiger partial charge in [-0.05, 0) is 49.4 Å². The molecule has 0 N–H and O–H groups in total. The third-order valence-electron chi connectivity index (χ3n) is 3.70. The smallest absolute Gasteiger partial charge is 0.261 e. The quantitative estimate of drug-likeness (QED) is 0.674. The first kappa shape index (κ1) is 16.5. The van der Waals surface area contributed by atoms with Crippen LogP contribution in [0.2, 0.25) is 0 Å². The highest BCUT2D eigenvalue weighted by Gasteiger charge is 2.06. The molecule has 2 aromatic carbocycles. The van der Waals surface area contributed by atoms with Gasteiger partial charge in [-0.15, -0.1) is 0 Å². The van der Waals surface area contributed by atoms with Crippen molar-refractivity contribution in [3.05, 3.63) is 68.7 Å². The molecule has 0 saturated carbocycles. The Morgan fingerprint density at radius 1 is 1.21 bits per heavy atom. The summed E-state index contributed by atoms with van der Waals surface area (Å²) >= 11 is 3.47. The largest absolute Gasteiger partial charge is 0.493 e. The fourth-order valence-electron chi connectivity index (χ4n) is 2.49. The maximum atomic E-state index is 12.4. The lowest BCUT2D eigenvalue weighted by molar-refractivity contribution is 0.339. The van der Waals surface area contributed by atoms with Gasteiger partial charge in [-0.3, -0.25) is 9.36 Å². The molecule has 24 heavy (non-hydrogen) atoms. The third kappa shape index (κ3) is 3.26. The Morgan fingerprint density at radius 3 is 2.79 bits per heavy atom. The number of hydrogen-bond acceptors (Lipinski definition) is 3. The van der Waals surface area contributed by atoms with E-state index < -0.39 is 0 Å². The zero-order valence-electron chi connectivity index (χ0n) is 13.5. The van der Waals surface area contributed by atoms with Crippen molar-refractivity contribution in [3.63, 3.8) is 0 Å². The average Bonchev–Trinajstić information content (AvgIpc) is 2.59. The van der Waals surface area contributed by atoms with E-state index in [-0.39, 0.29) is 5.56 Å². The van der Waals surface area contributed by atoms with Gasteiger partial charge in [0.1, 0.15) is 11.6 Å². The zero-order valence-corrected chi connectivity index (χ0v) is 15.1. The van der Waals surface area contributed by atoms with Gasteiger partial charge >= 0.3 is 0 Å². The highest BCUT2D eigenvalue weighted by atomic mass is 79.9. The molecule has 0 radical (unpaired) electrons. The standard InChI is InChI=1S/C19H17BrN2O2/c1-3-24-17-10-9-14(20)12-13(17)8-11-18-21-16-7-5-4-6-15(16)19(23)22(18)2/h4-12H,3H2,1-2H3. The van der Waals surface area contributed by atoms with Crippen LogP contribution >= 0.6 is 15.9 Å². The van der Waals surface area contributed by atoms with E-state index in [1.807, 2.05) is 55.5 Å². The Balaban J connectivity index is 2.07. The second-order valence-corrected chi connectivity index (χ2v) is 6.22. The molecule has 0 aliphatic rings. The maximum Gasteiger partial charge on any atom is 0.261 e. The minimum Gasteiger partial charge on any atom is -0.493 e. The van der Waals surface area contributed by atoms with Gasteiger partial charge < -0.3 is 4.74 Å². The first-order valence-corrected chi connectivity index (χ1v) is 8.45. The van der Waals surface area contributed by atoms with E-state index in [4.69, 9.17) is 4.74 Å². The molecule has 3 rings (SSSR count). The maximum absolute atomic E-state index is 12.4. The van der Waals surface area contributed by atoms with E-state index in [2.05, 4.69) is 20.9 Å². The van der Waals surface area contributed by atoms with E-state index in [0.29, 0.717) is 23.3 Å². The van der Waals surface area contributed by atoms with Crippen LogP contribution in [-0.4, -0.2) is 16.2 Å². The first-order valence-electron chi connectivity index (χ1n) is 7.66. The van der Waals surface area contributed by atoms with Crippen molar-refractivity contribution in [2.45, 2.75) is 6.92 Å². The summed E-state index contributed by atoms with van der Waals surface area (Å²) < 4.78 is 8.16. The van der Waals surface area contributed by atoms with Gasteiger partial charge in [0.25, 0.3) is 5.56 Å². The number of aromatic nitrogens is 2. The Bertz CT molecular complexity index is 977. The lowest BCUT2D eigenvalue weighted by Gasteiger charge is -2.08. The molecule has 0 spiro atoms. The van der Waals surface area contributed by atoms with Gasteiger partial charge in [-0.1, -0.05) is 28.1 Å².